The van der Waals surface area contributed by atoms with Crippen LogP contribution in [0.3, 0.4) is 0 Å². The van der Waals surface area contributed by atoms with Crippen LogP contribution in [0.2, 0.25) is 10.0 Å². The van der Waals surface area contributed by atoms with Crippen molar-refractivity contribution in [2.75, 3.05) is 11.4 Å². The molecule has 0 saturated heterocycles. The maximum absolute atomic E-state index is 10.7. The number of hydrogen-bond acceptors (Lipinski definition) is 5. The lowest BCUT2D eigenvalue weighted by atomic mass is 10.1. The van der Waals surface area contributed by atoms with E-state index in [0.717, 1.165) is 11.3 Å². The fraction of sp³-hybridized carbons (Fsp3) is 0.0909. The second kappa shape index (κ2) is 9.88. The number of nitro groups is 1. The molecule has 30 heavy (non-hydrogen) atoms. The van der Waals surface area contributed by atoms with Crippen LogP contribution in [-0.2, 0) is 0 Å². The van der Waals surface area contributed by atoms with Gasteiger partial charge in [-0.2, -0.15) is 5.26 Å². The Bertz CT molecular complexity index is 1080. The molecule has 0 aromatic heterocycles. The van der Waals surface area contributed by atoms with Crippen LogP contribution in [0.4, 0.5) is 11.4 Å². The number of anilines is 1. The summed E-state index contributed by atoms with van der Waals surface area (Å²) in [5.74, 6) is 0. The predicted octanol–water partition coefficient (Wildman–Crippen LogP) is 6.05. The molecule has 0 radical (unpaired) electrons. The number of halogens is 2. The Morgan fingerprint density at radius 2 is 1.53 bits per heavy atom. The lowest BCUT2D eigenvalue weighted by Gasteiger charge is -2.24. The summed E-state index contributed by atoms with van der Waals surface area (Å²) in [6.45, 7) is 0.625. The van der Waals surface area contributed by atoms with E-state index >= 15 is 0 Å². The maximum Gasteiger partial charge on any atom is 0.269 e. The number of benzene rings is 3. The summed E-state index contributed by atoms with van der Waals surface area (Å²) < 4.78 is 0. The highest BCUT2D eigenvalue weighted by Crippen LogP contribution is 2.31. The van der Waals surface area contributed by atoms with E-state index in [1.54, 1.807) is 42.7 Å². The quantitative estimate of drug-likeness (QED) is 0.368. The van der Waals surface area contributed by atoms with E-state index in [4.69, 9.17) is 28.5 Å². The molecular weight excluding hydrogens is 423 g/mol. The lowest BCUT2D eigenvalue weighted by molar-refractivity contribution is -0.384. The largest absolute Gasteiger partial charge is 0.323 e. The summed E-state index contributed by atoms with van der Waals surface area (Å²) in [5.41, 5.74) is 2.71. The fourth-order valence-electron chi connectivity index (χ4n) is 2.87. The molecule has 1 aliphatic rings. The molecule has 8 heteroatoms. The van der Waals surface area contributed by atoms with Gasteiger partial charge in [-0.25, -0.2) is 0 Å². The van der Waals surface area contributed by atoms with Crippen molar-refractivity contribution in [3.63, 3.8) is 0 Å². The summed E-state index contributed by atoms with van der Waals surface area (Å²) >= 11 is 11.5. The van der Waals surface area contributed by atoms with Gasteiger partial charge in [-0.15, -0.1) is 0 Å². The molecule has 1 unspecified atom stereocenters. The average molecular weight is 439 g/mol. The summed E-state index contributed by atoms with van der Waals surface area (Å²) in [7, 11) is 0. The van der Waals surface area contributed by atoms with Gasteiger partial charge in [0.1, 0.15) is 0 Å². The molecule has 1 heterocycles. The number of nitro benzene ring substituents is 1. The standard InChI is InChI=1S/C15H12ClN3O2.C7H4ClN/c16-12-3-7-13(8-4-12)18-10-17-9-15(18)11-1-5-14(6-2-11)19(20)21;8-7-3-1-6(5-9)2-4-7/h1-8,10,15H,9H2;1-4H. The van der Waals surface area contributed by atoms with Gasteiger partial charge in [0.05, 0.1) is 35.5 Å². The van der Waals surface area contributed by atoms with Crippen LogP contribution in [0.1, 0.15) is 17.2 Å². The molecule has 0 amide bonds. The molecule has 0 fully saturated rings. The molecule has 6 nitrogen and oxygen atoms in total. The van der Waals surface area contributed by atoms with E-state index in [-0.39, 0.29) is 11.7 Å². The number of hydrogen-bond donors (Lipinski definition) is 0. The summed E-state index contributed by atoms with van der Waals surface area (Å²) in [6.07, 6.45) is 1.79. The van der Waals surface area contributed by atoms with Gasteiger partial charge in [-0.05, 0) is 54.1 Å². The van der Waals surface area contributed by atoms with Gasteiger partial charge in [0.2, 0.25) is 0 Å². The zero-order valence-corrected chi connectivity index (χ0v) is 17.2. The van der Waals surface area contributed by atoms with Gasteiger partial charge in [-0.3, -0.25) is 15.1 Å². The van der Waals surface area contributed by atoms with Crippen molar-refractivity contribution < 1.29 is 4.92 Å². The highest BCUT2D eigenvalue weighted by molar-refractivity contribution is 6.30. The normalized spacial score (nSPS) is 14.6. The van der Waals surface area contributed by atoms with E-state index < -0.39 is 4.92 Å². The molecule has 0 aliphatic carbocycles. The molecule has 0 N–H and O–H groups in total. The molecule has 3 aromatic rings. The first-order chi connectivity index (χ1) is 14.5. The number of non-ortho nitro benzene ring substituents is 1. The first-order valence-electron chi connectivity index (χ1n) is 8.92. The third-order valence-electron chi connectivity index (χ3n) is 4.41. The Morgan fingerprint density at radius 1 is 0.967 bits per heavy atom. The highest BCUT2D eigenvalue weighted by Gasteiger charge is 2.24. The molecule has 150 valence electrons. The van der Waals surface area contributed by atoms with Crippen LogP contribution < -0.4 is 4.90 Å². The van der Waals surface area contributed by atoms with Crippen LogP contribution in [0, 0.1) is 21.4 Å². The minimum Gasteiger partial charge on any atom is -0.323 e. The van der Waals surface area contributed by atoms with Crippen LogP contribution in [0.5, 0.6) is 0 Å². The molecule has 0 spiro atoms. The highest BCUT2D eigenvalue weighted by atomic mass is 35.5. The van der Waals surface area contributed by atoms with Gasteiger partial charge in [-0.1, -0.05) is 35.3 Å². The fourth-order valence-corrected chi connectivity index (χ4v) is 3.12. The van der Waals surface area contributed by atoms with Crippen molar-refractivity contribution >= 4 is 40.9 Å². The summed E-state index contributed by atoms with van der Waals surface area (Å²) in [5, 5.41) is 20.4. The van der Waals surface area contributed by atoms with Crippen molar-refractivity contribution in [3.05, 3.63) is 104 Å². The zero-order chi connectivity index (χ0) is 21.5. The van der Waals surface area contributed by atoms with E-state index in [1.165, 1.54) is 12.1 Å². The number of nitriles is 1. The second-order valence-electron chi connectivity index (χ2n) is 6.35. The van der Waals surface area contributed by atoms with Crippen LogP contribution in [0.15, 0.2) is 77.8 Å². The minimum absolute atomic E-state index is 0.0481. The lowest BCUT2D eigenvalue weighted by Crippen LogP contribution is -2.23. The van der Waals surface area contributed by atoms with Crippen molar-refractivity contribution in [2.45, 2.75) is 6.04 Å². The maximum atomic E-state index is 10.7. The summed E-state index contributed by atoms with van der Waals surface area (Å²) in [6, 6.07) is 22.9. The van der Waals surface area contributed by atoms with Gasteiger partial charge in [0.15, 0.2) is 0 Å². The third kappa shape index (κ3) is 5.35. The molecule has 0 bridgehead atoms. The molecule has 1 aliphatic heterocycles. The van der Waals surface area contributed by atoms with E-state index in [0.29, 0.717) is 22.2 Å². The third-order valence-corrected chi connectivity index (χ3v) is 4.91. The Morgan fingerprint density at radius 3 is 2.07 bits per heavy atom. The van der Waals surface area contributed by atoms with Gasteiger partial charge >= 0.3 is 0 Å². The number of nitrogens with zero attached hydrogens (tertiary/aromatic N) is 4. The Labute approximate surface area is 183 Å². The Balaban J connectivity index is 0.000000239. The monoisotopic (exact) mass is 438 g/mol. The molecule has 0 saturated carbocycles. The minimum atomic E-state index is -0.397. The van der Waals surface area contributed by atoms with Crippen LogP contribution in [-0.4, -0.2) is 17.8 Å². The number of rotatable bonds is 3. The molecule has 3 aromatic carbocycles. The second-order valence-corrected chi connectivity index (χ2v) is 7.22. The smallest absolute Gasteiger partial charge is 0.269 e. The topological polar surface area (TPSA) is 82.5 Å². The van der Waals surface area contributed by atoms with Crippen LogP contribution >= 0.6 is 23.2 Å². The van der Waals surface area contributed by atoms with E-state index in [1.807, 2.05) is 35.2 Å². The van der Waals surface area contributed by atoms with Gasteiger partial charge in [0.25, 0.3) is 5.69 Å². The van der Waals surface area contributed by atoms with Crippen molar-refractivity contribution in [1.82, 2.24) is 0 Å². The van der Waals surface area contributed by atoms with Crippen LogP contribution in [0.25, 0.3) is 0 Å². The average Bonchev–Trinajstić information content (AvgIpc) is 3.25. The van der Waals surface area contributed by atoms with Crippen molar-refractivity contribution in [1.29, 1.82) is 5.26 Å². The van der Waals surface area contributed by atoms with E-state index in [9.17, 15) is 10.1 Å². The first-order valence-corrected chi connectivity index (χ1v) is 9.67. The zero-order valence-electron chi connectivity index (χ0n) is 15.7. The SMILES string of the molecule is N#Cc1ccc(Cl)cc1.O=[N+]([O-])c1ccc(C2CN=CN2c2ccc(Cl)cc2)cc1. The molecule has 1 atom stereocenters. The molecular formula is C22H16Cl2N4O2. The van der Waals surface area contributed by atoms with E-state index in [2.05, 4.69) is 4.99 Å². The Kier molecular flexibility index (Phi) is 7.02. The van der Waals surface area contributed by atoms with Gasteiger partial charge in [0, 0.05) is 27.9 Å². The van der Waals surface area contributed by atoms with Gasteiger partial charge < -0.3 is 4.90 Å². The van der Waals surface area contributed by atoms with Crippen molar-refractivity contribution in [3.8, 4) is 6.07 Å². The predicted molar refractivity (Wildman–Crippen MR) is 119 cm³/mol. The Hall–Kier alpha value is -3.40. The van der Waals surface area contributed by atoms with Crippen molar-refractivity contribution in [2.24, 2.45) is 4.99 Å². The first kappa shape index (κ1) is 21.3. The number of aliphatic imine (C=N–C) groups is 1. The molecule has 4 rings (SSSR count). The summed E-state index contributed by atoms with van der Waals surface area (Å²) in [4.78, 5) is 16.7.